The summed E-state index contributed by atoms with van der Waals surface area (Å²) in [6, 6.07) is 7.16. The van der Waals surface area contributed by atoms with Crippen molar-refractivity contribution >= 4 is 23.5 Å². The lowest BCUT2D eigenvalue weighted by Gasteiger charge is -2.48. The van der Waals surface area contributed by atoms with Crippen LogP contribution in [-0.4, -0.2) is 38.1 Å². The van der Waals surface area contributed by atoms with Crippen molar-refractivity contribution in [3.05, 3.63) is 42.0 Å². The minimum atomic E-state index is -1.37. The van der Waals surface area contributed by atoms with E-state index >= 15 is 0 Å². The molecule has 1 amide bonds. The van der Waals surface area contributed by atoms with Gasteiger partial charge in [-0.1, -0.05) is 24.3 Å². The number of esters is 2. The molecule has 24 heavy (non-hydrogen) atoms. The van der Waals surface area contributed by atoms with Crippen LogP contribution in [0.5, 0.6) is 0 Å². The lowest BCUT2D eigenvalue weighted by atomic mass is 9.60. The van der Waals surface area contributed by atoms with Crippen molar-refractivity contribution in [3.8, 4) is 0 Å². The summed E-state index contributed by atoms with van der Waals surface area (Å²) in [5.41, 5.74) is -0.105. The normalized spacial score (nSPS) is 28.0. The van der Waals surface area contributed by atoms with Gasteiger partial charge in [0.05, 0.1) is 13.0 Å². The molecular weight excluding hydrogens is 310 g/mol. The molecule has 3 rings (SSSR count). The van der Waals surface area contributed by atoms with Gasteiger partial charge in [-0.15, -0.1) is 0 Å². The Labute approximate surface area is 140 Å². The minimum absolute atomic E-state index is 0.194. The molecule has 3 atom stereocenters. The predicted molar refractivity (Wildman–Crippen MR) is 86.3 cm³/mol. The second-order valence-corrected chi connectivity index (χ2v) is 6.02. The molecule has 6 heteroatoms. The van der Waals surface area contributed by atoms with Gasteiger partial charge in [-0.3, -0.25) is 14.4 Å². The molecule has 126 valence electrons. The highest BCUT2D eigenvalue weighted by Crippen LogP contribution is 2.51. The third kappa shape index (κ3) is 2.06. The Morgan fingerprint density at radius 3 is 2.67 bits per heavy atom. The van der Waals surface area contributed by atoms with E-state index < -0.39 is 29.4 Å². The lowest BCUT2D eigenvalue weighted by molar-refractivity contribution is -0.166. The molecule has 6 nitrogen and oxygen atoms in total. The summed E-state index contributed by atoms with van der Waals surface area (Å²) < 4.78 is 10.5. The van der Waals surface area contributed by atoms with Crippen LogP contribution in [0.1, 0.15) is 18.9 Å². The fraction of sp³-hybridized carbons (Fsp3) is 0.389. The number of hydrogen-bond donors (Lipinski definition) is 0. The number of carbonyl (C=O) groups excluding carboxylic acids is 3. The van der Waals surface area contributed by atoms with Crippen molar-refractivity contribution in [2.24, 2.45) is 5.92 Å². The highest BCUT2D eigenvalue weighted by Gasteiger charge is 2.62. The van der Waals surface area contributed by atoms with Crippen LogP contribution in [0.4, 0.5) is 5.69 Å². The van der Waals surface area contributed by atoms with Gasteiger partial charge in [-0.25, -0.2) is 0 Å². The number of benzene rings is 1. The first kappa shape index (κ1) is 16.2. The zero-order chi connectivity index (χ0) is 17.5. The number of fused-ring (bicyclic) bond motifs is 3. The molecule has 0 fully saturated rings. The Kier molecular flexibility index (Phi) is 3.91. The van der Waals surface area contributed by atoms with Crippen LogP contribution in [0.15, 0.2) is 36.4 Å². The first-order chi connectivity index (χ1) is 11.4. The number of para-hydroxylation sites is 1. The van der Waals surface area contributed by atoms with E-state index in [4.69, 9.17) is 9.47 Å². The quantitative estimate of drug-likeness (QED) is 0.608. The van der Waals surface area contributed by atoms with Crippen LogP contribution in [-0.2, 0) is 29.3 Å². The maximum absolute atomic E-state index is 12.9. The first-order valence-corrected chi connectivity index (χ1v) is 7.74. The fourth-order valence-electron chi connectivity index (χ4n) is 3.83. The summed E-state index contributed by atoms with van der Waals surface area (Å²) in [4.78, 5) is 39.0. The predicted octanol–water partition coefficient (Wildman–Crippen LogP) is 1.58. The number of ether oxygens (including phenoxy) is 2. The highest BCUT2D eigenvalue weighted by molar-refractivity contribution is 6.06. The molecule has 1 aromatic carbocycles. The lowest BCUT2D eigenvalue weighted by Crippen LogP contribution is -2.62. The Hall–Kier alpha value is -2.63. The Morgan fingerprint density at radius 1 is 1.29 bits per heavy atom. The average molecular weight is 329 g/mol. The molecule has 1 heterocycles. The second kappa shape index (κ2) is 5.78. The molecule has 0 bridgehead atoms. The van der Waals surface area contributed by atoms with E-state index in [0.29, 0.717) is 17.7 Å². The van der Waals surface area contributed by atoms with Gasteiger partial charge in [-0.2, -0.15) is 0 Å². The summed E-state index contributed by atoms with van der Waals surface area (Å²) in [7, 11) is 2.96. The van der Waals surface area contributed by atoms with Crippen LogP contribution in [0.25, 0.3) is 0 Å². The number of nitrogens with zero attached hydrogens (tertiary/aromatic N) is 1. The van der Waals surface area contributed by atoms with E-state index in [0.717, 1.165) is 0 Å². The number of hydrogen-bond acceptors (Lipinski definition) is 5. The van der Waals surface area contributed by atoms with Crippen LogP contribution in [0, 0.1) is 5.92 Å². The van der Waals surface area contributed by atoms with E-state index in [1.54, 1.807) is 48.4 Å². The van der Waals surface area contributed by atoms with Crippen LogP contribution in [0.2, 0.25) is 0 Å². The summed E-state index contributed by atoms with van der Waals surface area (Å²) in [5.74, 6) is -1.96. The third-order valence-electron chi connectivity index (χ3n) is 4.84. The van der Waals surface area contributed by atoms with E-state index in [1.165, 1.54) is 14.0 Å². The minimum Gasteiger partial charge on any atom is -0.468 e. The van der Waals surface area contributed by atoms with Crippen LogP contribution < -0.4 is 4.90 Å². The van der Waals surface area contributed by atoms with Crippen LogP contribution >= 0.6 is 0 Å². The van der Waals surface area contributed by atoms with Crippen molar-refractivity contribution in [1.82, 2.24) is 0 Å². The molecule has 0 N–H and O–H groups in total. The zero-order valence-electron chi connectivity index (χ0n) is 13.8. The molecule has 0 spiro atoms. The van der Waals surface area contributed by atoms with E-state index in [1.807, 2.05) is 0 Å². The maximum Gasteiger partial charge on any atom is 0.321 e. The van der Waals surface area contributed by atoms with Crippen molar-refractivity contribution in [3.63, 3.8) is 0 Å². The molecule has 0 radical (unpaired) electrons. The number of carbonyl (C=O) groups is 3. The van der Waals surface area contributed by atoms with E-state index in [2.05, 4.69) is 0 Å². The molecule has 0 saturated heterocycles. The number of anilines is 1. The molecule has 2 aliphatic rings. The maximum atomic E-state index is 12.9. The van der Waals surface area contributed by atoms with Crippen molar-refractivity contribution in [2.75, 3.05) is 19.1 Å². The molecule has 0 unspecified atom stereocenters. The SMILES string of the molecule is COC(=O)[C@]12c3ccccc3N(C)C(=O)[C@H]1CC=C[C@H]2OC(C)=O. The van der Waals surface area contributed by atoms with Gasteiger partial charge in [0.2, 0.25) is 5.91 Å². The van der Waals surface area contributed by atoms with E-state index in [9.17, 15) is 14.4 Å². The van der Waals surface area contributed by atoms with Crippen molar-refractivity contribution in [1.29, 1.82) is 0 Å². The van der Waals surface area contributed by atoms with Gasteiger partial charge in [0.15, 0.2) is 0 Å². The monoisotopic (exact) mass is 329 g/mol. The molecule has 0 saturated carbocycles. The summed E-state index contributed by atoms with van der Waals surface area (Å²) >= 11 is 0. The zero-order valence-corrected chi connectivity index (χ0v) is 13.8. The number of methoxy groups -OCH3 is 1. The van der Waals surface area contributed by atoms with Crippen molar-refractivity contribution in [2.45, 2.75) is 24.9 Å². The smallest absolute Gasteiger partial charge is 0.321 e. The highest BCUT2D eigenvalue weighted by atomic mass is 16.6. The fourth-order valence-corrected chi connectivity index (χ4v) is 3.83. The molecule has 1 aromatic rings. The third-order valence-corrected chi connectivity index (χ3v) is 4.84. The van der Waals surface area contributed by atoms with Gasteiger partial charge < -0.3 is 14.4 Å². The molecule has 0 aromatic heterocycles. The Balaban J connectivity index is 2.32. The number of rotatable bonds is 2. The largest absolute Gasteiger partial charge is 0.468 e. The molecular formula is C18H19NO5. The number of amides is 1. The number of allylic oxidation sites excluding steroid dienone is 1. The average Bonchev–Trinajstić information content (AvgIpc) is 2.58. The van der Waals surface area contributed by atoms with Gasteiger partial charge in [-0.05, 0) is 24.1 Å². The molecule has 1 aliphatic carbocycles. The van der Waals surface area contributed by atoms with Crippen LogP contribution in [0.3, 0.4) is 0 Å². The van der Waals surface area contributed by atoms with Crippen molar-refractivity contribution < 1.29 is 23.9 Å². The summed E-state index contributed by atoms with van der Waals surface area (Å²) in [6.45, 7) is 1.28. The second-order valence-electron chi connectivity index (χ2n) is 6.02. The molecule has 1 aliphatic heterocycles. The summed E-state index contributed by atoms with van der Waals surface area (Å²) in [5, 5.41) is 0. The van der Waals surface area contributed by atoms with Gasteiger partial charge in [0.1, 0.15) is 11.5 Å². The standard InChI is InChI=1S/C18H19NO5/c1-11(20)24-15-10-6-8-13-16(21)19(2)14-9-5-4-7-12(14)18(13,15)17(22)23-3/h4-7,9-10,13,15H,8H2,1-3H3/t13-,15-,18-/m1/s1. The van der Waals surface area contributed by atoms with Gasteiger partial charge >= 0.3 is 11.9 Å². The van der Waals surface area contributed by atoms with Gasteiger partial charge in [0, 0.05) is 19.7 Å². The Bertz CT molecular complexity index is 741. The first-order valence-electron chi connectivity index (χ1n) is 7.74. The van der Waals surface area contributed by atoms with Gasteiger partial charge in [0.25, 0.3) is 0 Å². The topological polar surface area (TPSA) is 72.9 Å². The van der Waals surface area contributed by atoms with E-state index in [-0.39, 0.29) is 5.91 Å². The Morgan fingerprint density at radius 2 is 2.00 bits per heavy atom. The summed E-state index contributed by atoms with van der Waals surface area (Å²) in [6.07, 6.45) is 2.94.